The van der Waals surface area contributed by atoms with Gasteiger partial charge in [0.2, 0.25) is 0 Å². The largest absolute Gasteiger partial charge is 0.496 e. The minimum atomic E-state index is -0.458. The fourth-order valence-electron chi connectivity index (χ4n) is 5.96. The molecule has 41 heavy (non-hydrogen) atoms. The van der Waals surface area contributed by atoms with Crippen molar-refractivity contribution in [2.45, 2.75) is 32.9 Å². The Labute approximate surface area is 247 Å². The summed E-state index contributed by atoms with van der Waals surface area (Å²) in [6.45, 7) is 6.00. The number of methoxy groups -OCH3 is 1. The van der Waals surface area contributed by atoms with Crippen LogP contribution in [0.15, 0.2) is 48.5 Å². The molecule has 0 saturated carbocycles. The first-order valence-corrected chi connectivity index (χ1v) is 14.1. The van der Waals surface area contributed by atoms with E-state index < -0.39 is 6.04 Å². The maximum Gasteiger partial charge on any atom is 0.279 e. The summed E-state index contributed by atoms with van der Waals surface area (Å²) in [6.07, 6.45) is 0. The van der Waals surface area contributed by atoms with Gasteiger partial charge >= 0.3 is 0 Å². The summed E-state index contributed by atoms with van der Waals surface area (Å²) in [6, 6.07) is 13.9. The second-order valence-electron chi connectivity index (χ2n) is 10.4. The van der Waals surface area contributed by atoms with Crippen molar-refractivity contribution < 1.29 is 19.4 Å². The second-order valence-corrected chi connectivity index (χ2v) is 11.3. The van der Waals surface area contributed by atoms with Crippen molar-refractivity contribution >= 4 is 40.7 Å². The number of aryl methyl sites for hydroxylation is 1. The standard InChI is InChI=1S/C31H28Cl2N4O4/c1-15(2)36-28-25(35-29(36)21-13-17(6-10-23(21)41-4)30(39)34-11-12-38)31(40)37-26-16(3)5-9-22(33)24(26)20-14-18(32)7-8-19(20)27(28)37/h5-10,13-15,27,38H,11-12H2,1-4H3,(H,34,39). The fourth-order valence-corrected chi connectivity index (χ4v) is 6.39. The molecule has 2 N–H and O–H groups in total. The van der Waals surface area contributed by atoms with E-state index >= 15 is 0 Å². The Bertz CT molecular complexity index is 1750. The lowest BCUT2D eigenvalue weighted by molar-refractivity contribution is 0.0943. The molecule has 1 atom stereocenters. The van der Waals surface area contributed by atoms with Gasteiger partial charge in [0.1, 0.15) is 17.6 Å². The number of anilines is 1. The molecule has 0 radical (unpaired) electrons. The molecule has 3 aromatic carbocycles. The number of nitrogens with zero attached hydrogens (tertiary/aromatic N) is 3. The maximum absolute atomic E-state index is 14.3. The highest BCUT2D eigenvalue weighted by Gasteiger charge is 2.49. The molecule has 4 aromatic rings. The zero-order valence-electron chi connectivity index (χ0n) is 23.0. The van der Waals surface area contributed by atoms with E-state index in [1.54, 1.807) is 30.2 Å². The van der Waals surface area contributed by atoms with Gasteiger partial charge in [-0.05, 0) is 73.9 Å². The van der Waals surface area contributed by atoms with Crippen molar-refractivity contribution in [3.63, 3.8) is 0 Å². The average molecular weight is 591 g/mol. The van der Waals surface area contributed by atoms with Crippen molar-refractivity contribution in [2.24, 2.45) is 0 Å². The summed E-state index contributed by atoms with van der Waals surface area (Å²) in [5, 5.41) is 12.9. The van der Waals surface area contributed by atoms with Gasteiger partial charge in [0.15, 0.2) is 5.69 Å². The number of amides is 2. The molecule has 1 unspecified atom stereocenters. The van der Waals surface area contributed by atoms with Crippen LogP contribution in [0.5, 0.6) is 5.75 Å². The summed E-state index contributed by atoms with van der Waals surface area (Å²) >= 11 is 13.2. The highest BCUT2D eigenvalue weighted by Crippen LogP contribution is 2.56. The summed E-state index contributed by atoms with van der Waals surface area (Å²) < 4.78 is 7.73. The van der Waals surface area contributed by atoms with Gasteiger partial charge in [0, 0.05) is 28.7 Å². The number of hydrogen-bond donors (Lipinski definition) is 2. The van der Waals surface area contributed by atoms with Crippen LogP contribution in [0.3, 0.4) is 0 Å². The van der Waals surface area contributed by atoms with E-state index in [1.165, 1.54) is 0 Å². The van der Waals surface area contributed by atoms with Crippen LogP contribution in [-0.2, 0) is 0 Å². The first-order valence-electron chi connectivity index (χ1n) is 13.3. The predicted molar refractivity (Wildman–Crippen MR) is 159 cm³/mol. The van der Waals surface area contributed by atoms with Crippen molar-refractivity contribution in [2.75, 3.05) is 25.2 Å². The van der Waals surface area contributed by atoms with E-state index in [0.717, 1.165) is 33.6 Å². The Hall–Kier alpha value is -3.85. The van der Waals surface area contributed by atoms with Crippen molar-refractivity contribution in [1.82, 2.24) is 14.9 Å². The van der Waals surface area contributed by atoms with E-state index in [0.29, 0.717) is 38.4 Å². The first-order chi connectivity index (χ1) is 19.7. The molecule has 2 aliphatic rings. The summed E-state index contributed by atoms with van der Waals surface area (Å²) in [5.74, 6) is 0.481. The molecule has 1 aromatic heterocycles. The smallest absolute Gasteiger partial charge is 0.279 e. The molecule has 6 rings (SSSR count). The molecule has 0 aliphatic carbocycles. The van der Waals surface area contributed by atoms with Crippen LogP contribution in [0.1, 0.15) is 63.6 Å². The quantitative estimate of drug-likeness (QED) is 0.278. The topological polar surface area (TPSA) is 96.7 Å². The Morgan fingerprint density at radius 1 is 1.12 bits per heavy atom. The summed E-state index contributed by atoms with van der Waals surface area (Å²) in [4.78, 5) is 33.7. The fraction of sp³-hybridized carbons (Fsp3) is 0.258. The van der Waals surface area contributed by atoms with Crippen LogP contribution >= 0.6 is 23.2 Å². The summed E-state index contributed by atoms with van der Waals surface area (Å²) in [7, 11) is 1.55. The molecular weight excluding hydrogens is 563 g/mol. The normalized spacial score (nSPS) is 15.0. The van der Waals surface area contributed by atoms with Crippen LogP contribution in [0.4, 0.5) is 5.69 Å². The molecule has 0 saturated heterocycles. The monoisotopic (exact) mass is 590 g/mol. The van der Waals surface area contributed by atoms with Crippen molar-refractivity contribution in [3.8, 4) is 28.3 Å². The van der Waals surface area contributed by atoms with Gasteiger partial charge in [-0.3, -0.25) is 14.5 Å². The number of rotatable bonds is 6. The van der Waals surface area contributed by atoms with Crippen LogP contribution < -0.4 is 15.0 Å². The number of nitrogens with one attached hydrogen (secondary N) is 1. The molecule has 10 heteroatoms. The number of hydrogen-bond acceptors (Lipinski definition) is 5. The zero-order chi connectivity index (χ0) is 29.2. The van der Waals surface area contributed by atoms with Crippen molar-refractivity contribution in [1.29, 1.82) is 0 Å². The molecular formula is C31H28Cl2N4O4. The summed E-state index contributed by atoms with van der Waals surface area (Å²) in [5.41, 5.74) is 6.28. The van der Waals surface area contributed by atoms with Gasteiger partial charge in [0.25, 0.3) is 11.8 Å². The minimum absolute atomic E-state index is 0.0943. The number of carbonyl (C=O) groups excluding carboxylic acids is 2. The van der Waals surface area contributed by atoms with Crippen LogP contribution in [0.25, 0.3) is 22.5 Å². The Morgan fingerprint density at radius 3 is 2.61 bits per heavy atom. The van der Waals surface area contributed by atoms with E-state index in [2.05, 4.69) is 9.88 Å². The van der Waals surface area contributed by atoms with Crippen LogP contribution in [0, 0.1) is 6.92 Å². The number of benzene rings is 3. The molecule has 0 bridgehead atoms. The number of fused-ring (bicyclic) bond motifs is 8. The first kappa shape index (κ1) is 27.3. The maximum atomic E-state index is 14.3. The molecule has 8 nitrogen and oxygen atoms in total. The molecule has 3 heterocycles. The number of carbonyl (C=O) groups is 2. The number of imidazole rings is 1. The van der Waals surface area contributed by atoms with E-state index in [9.17, 15) is 9.59 Å². The lowest BCUT2D eigenvalue weighted by atomic mass is 9.86. The highest BCUT2D eigenvalue weighted by molar-refractivity contribution is 6.35. The zero-order valence-corrected chi connectivity index (χ0v) is 24.5. The number of halogens is 2. The Balaban J connectivity index is 1.61. The Morgan fingerprint density at radius 2 is 1.90 bits per heavy atom. The molecule has 0 spiro atoms. The SMILES string of the molecule is COc1ccc(C(=O)NCCO)cc1-c1nc2c(n1C(C)C)C1c3ccc(Cl)cc3-c3c(Cl)ccc(C)c3N1C2=O. The second kappa shape index (κ2) is 10.2. The van der Waals surface area contributed by atoms with E-state index in [1.807, 2.05) is 51.1 Å². The molecule has 210 valence electrons. The minimum Gasteiger partial charge on any atom is -0.496 e. The molecule has 2 amide bonds. The average Bonchev–Trinajstić information content (AvgIpc) is 3.48. The van der Waals surface area contributed by atoms with Gasteiger partial charge in [-0.2, -0.15) is 0 Å². The predicted octanol–water partition coefficient (Wildman–Crippen LogP) is 6.21. The Kier molecular flexibility index (Phi) is 6.80. The van der Waals surface area contributed by atoms with Crippen LogP contribution in [0.2, 0.25) is 10.0 Å². The van der Waals surface area contributed by atoms with Gasteiger partial charge in [0.05, 0.1) is 35.7 Å². The van der Waals surface area contributed by atoms with Gasteiger partial charge < -0.3 is 19.7 Å². The number of aliphatic hydroxyl groups excluding tert-OH is 1. The lowest BCUT2D eigenvalue weighted by Gasteiger charge is -2.37. The van der Waals surface area contributed by atoms with Gasteiger partial charge in [-0.25, -0.2) is 4.98 Å². The van der Waals surface area contributed by atoms with Gasteiger partial charge in [-0.1, -0.05) is 35.3 Å². The third kappa shape index (κ3) is 4.12. The lowest BCUT2D eigenvalue weighted by Crippen LogP contribution is -2.34. The van der Waals surface area contributed by atoms with Crippen molar-refractivity contribution in [3.05, 3.63) is 86.7 Å². The van der Waals surface area contributed by atoms with Crippen LogP contribution in [-0.4, -0.2) is 46.7 Å². The number of aliphatic hydroxyl groups is 1. The number of ether oxygens (including phenoxy) is 1. The van der Waals surface area contributed by atoms with E-state index in [4.69, 9.17) is 38.0 Å². The number of aromatic nitrogens is 2. The molecule has 2 aliphatic heterocycles. The molecule has 0 fully saturated rings. The van der Waals surface area contributed by atoms with Gasteiger partial charge in [-0.15, -0.1) is 0 Å². The highest BCUT2D eigenvalue weighted by atomic mass is 35.5. The van der Waals surface area contributed by atoms with E-state index in [-0.39, 0.29) is 31.0 Å². The third-order valence-electron chi connectivity index (χ3n) is 7.65. The third-order valence-corrected chi connectivity index (χ3v) is 8.20.